The van der Waals surface area contributed by atoms with Crippen molar-refractivity contribution in [3.05, 3.63) is 64.5 Å². The van der Waals surface area contributed by atoms with E-state index in [1.54, 1.807) is 11.8 Å². The Kier molecular flexibility index (Phi) is 5.33. The van der Waals surface area contributed by atoms with Crippen molar-refractivity contribution in [1.29, 1.82) is 0 Å². The lowest BCUT2D eigenvalue weighted by atomic mass is 10.2. The van der Waals surface area contributed by atoms with Crippen molar-refractivity contribution < 1.29 is 4.79 Å². The molecule has 1 aromatic heterocycles. The first-order valence-corrected chi connectivity index (χ1v) is 9.70. The van der Waals surface area contributed by atoms with Gasteiger partial charge in [0.05, 0.1) is 12.1 Å². The second-order valence-electron chi connectivity index (χ2n) is 5.39. The van der Waals surface area contributed by atoms with Crippen molar-refractivity contribution in [2.75, 3.05) is 11.6 Å². The number of carbonyl (C=O) groups is 1. The monoisotopic (exact) mass is 354 g/mol. The van der Waals surface area contributed by atoms with Crippen molar-refractivity contribution in [1.82, 2.24) is 4.98 Å². The van der Waals surface area contributed by atoms with Gasteiger partial charge in [0.15, 0.2) is 0 Å². The number of aromatic nitrogens is 1. The average Bonchev–Trinajstić information content (AvgIpc) is 3.05. The van der Waals surface area contributed by atoms with Crippen LogP contribution in [0.1, 0.15) is 10.6 Å². The summed E-state index contributed by atoms with van der Waals surface area (Å²) < 4.78 is 0. The molecule has 0 aliphatic carbocycles. The van der Waals surface area contributed by atoms with Gasteiger partial charge in [0, 0.05) is 21.5 Å². The lowest BCUT2D eigenvalue weighted by Crippen LogP contribution is -2.14. The highest BCUT2D eigenvalue weighted by Gasteiger charge is 2.10. The molecule has 1 amide bonds. The first-order valence-electron chi connectivity index (χ1n) is 7.60. The van der Waals surface area contributed by atoms with E-state index >= 15 is 0 Å². The number of hydrogen-bond acceptors (Lipinski definition) is 4. The number of para-hydroxylation sites is 1. The molecule has 0 fully saturated rings. The van der Waals surface area contributed by atoms with Gasteiger partial charge in [0.25, 0.3) is 0 Å². The molecule has 0 radical (unpaired) electrons. The van der Waals surface area contributed by atoms with E-state index in [-0.39, 0.29) is 5.91 Å². The second-order valence-corrected chi connectivity index (χ2v) is 7.22. The predicted molar refractivity (Wildman–Crippen MR) is 103 cm³/mol. The van der Waals surface area contributed by atoms with E-state index in [4.69, 9.17) is 0 Å². The lowest BCUT2D eigenvalue weighted by Gasteiger charge is -2.06. The number of nitrogens with zero attached hydrogens (tertiary/aromatic N) is 1. The van der Waals surface area contributed by atoms with Crippen LogP contribution in [0, 0.1) is 6.92 Å². The van der Waals surface area contributed by atoms with Crippen LogP contribution in [-0.2, 0) is 11.2 Å². The molecule has 0 aliphatic heterocycles. The predicted octanol–water partition coefficient (Wildman–Crippen LogP) is 5.02. The maximum atomic E-state index is 12.2. The smallest absolute Gasteiger partial charge is 0.231 e. The Morgan fingerprint density at radius 2 is 1.92 bits per heavy atom. The summed E-state index contributed by atoms with van der Waals surface area (Å²) in [6, 6.07) is 16.1. The zero-order valence-corrected chi connectivity index (χ0v) is 15.2. The summed E-state index contributed by atoms with van der Waals surface area (Å²) in [6.07, 6.45) is 2.35. The molecule has 3 rings (SSSR count). The van der Waals surface area contributed by atoms with Gasteiger partial charge in [-0.3, -0.25) is 4.79 Å². The molecule has 3 aromatic rings. The lowest BCUT2D eigenvalue weighted by molar-refractivity contribution is -0.115. The highest BCUT2D eigenvalue weighted by Crippen LogP contribution is 2.25. The summed E-state index contributed by atoms with van der Waals surface area (Å²) in [6.45, 7) is 1.98. The van der Waals surface area contributed by atoms with E-state index in [2.05, 4.69) is 40.8 Å². The Bertz CT molecular complexity index is 841. The number of thioether (sulfide) groups is 1. The number of nitrogens with one attached hydrogen (secondary N) is 1. The van der Waals surface area contributed by atoms with E-state index in [1.165, 1.54) is 16.2 Å². The number of carbonyl (C=O) groups excluding carboxylic acids is 1. The summed E-state index contributed by atoms with van der Waals surface area (Å²) in [4.78, 5) is 18.0. The number of amides is 1. The fraction of sp³-hybridized carbons (Fsp3) is 0.158. The van der Waals surface area contributed by atoms with E-state index in [0.29, 0.717) is 6.42 Å². The molecule has 0 atom stereocenters. The van der Waals surface area contributed by atoms with Crippen molar-refractivity contribution in [2.24, 2.45) is 0 Å². The quantitative estimate of drug-likeness (QED) is 0.654. The maximum absolute atomic E-state index is 12.2. The van der Waals surface area contributed by atoms with Gasteiger partial charge >= 0.3 is 0 Å². The standard InChI is InChI=1S/C19H18N2OS2/c1-13-5-3-4-6-16(13)20-18(22)11-19-21-17(12-24-19)14-7-9-15(23-2)10-8-14/h3-10,12H,11H2,1-2H3,(H,20,22). The summed E-state index contributed by atoms with van der Waals surface area (Å²) in [5.41, 5.74) is 3.91. The van der Waals surface area contributed by atoms with Crippen LogP contribution in [0.25, 0.3) is 11.3 Å². The van der Waals surface area contributed by atoms with E-state index in [0.717, 1.165) is 27.5 Å². The van der Waals surface area contributed by atoms with Crippen LogP contribution in [0.15, 0.2) is 58.8 Å². The number of thiazole rings is 1. The van der Waals surface area contributed by atoms with Gasteiger partial charge in [-0.1, -0.05) is 30.3 Å². The van der Waals surface area contributed by atoms with Crippen LogP contribution in [0.3, 0.4) is 0 Å². The molecule has 0 spiro atoms. The molecule has 0 bridgehead atoms. The molecule has 1 N–H and O–H groups in total. The average molecular weight is 354 g/mol. The summed E-state index contributed by atoms with van der Waals surface area (Å²) in [5, 5.41) is 5.78. The summed E-state index contributed by atoms with van der Waals surface area (Å²) >= 11 is 3.24. The molecule has 3 nitrogen and oxygen atoms in total. The van der Waals surface area contributed by atoms with Crippen LogP contribution in [-0.4, -0.2) is 17.1 Å². The zero-order valence-electron chi connectivity index (χ0n) is 13.6. The number of aryl methyl sites for hydroxylation is 1. The Hall–Kier alpha value is -2.11. The normalized spacial score (nSPS) is 10.6. The van der Waals surface area contributed by atoms with Gasteiger partial charge in [-0.05, 0) is 36.9 Å². The second kappa shape index (κ2) is 7.64. The van der Waals surface area contributed by atoms with E-state index in [9.17, 15) is 4.79 Å². The SMILES string of the molecule is CSc1ccc(-c2csc(CC(=O)Nc3ccccc3C)n2)cc1. The molecule has 5 heteroatoms. The molecular formula is C19H18N2OS2. The van der Waals surface area contributed by atoms with Crippen molar-refractivity contribution >= 4 is 34.7 Å². The van der Waals surface area contributed by atoms with Gasteiger partial charge in [-0.2, -0.15) is 0 Å². The molecule has 0 saturated heterocycles. The third kappa shape index (κ3) is 4.04. The minimum atomic E-state index is -0.0390. The summed E-state index contributed by atoms with van der Waals surface area (Å²) in [7, 11) is 0. The van der Waals surface area contributed by atoms with E-state index < -0.39 is 0 Å². The van der Waals surface area contributed by atoms with Gasteiger partial charge in [0.2, 0.25) is 5.91 Å². The first kappa shape index (κ1) is 16.7. The van der Waals surface area contributed by atoms with Gasteiger partial charge in [-0.25, -0.2) is 4.98 Å². The van der Waals surface area contributed by atoms with Crippen molar-refractivity contribution in [2.45, 2.75) is 18.2 Å². The highest BCUT2D eigenvalue weighted by molar-refractivity contribution is 7.98. The minimum Gasteiger partial charge on any atom is -0.325 e. The van der Waals surface area contributed by atoms with Gasteiger partial charge in [-0.15, -0.1) is 23.1 Å². The number of anilines is 1. The molecule has 1 heterocycles. The number of rotatable bonds is 5. The fourth-order valence-corrected chi connectivity index (χ4v) is 3.54. The Morgan fingerprint density at radius 1 is 1.17 bits per heavy atom. The van der Waals surface area contributed by atoms with Crippen LogP contribution in [0.2, 0.25) is 0 Å². The minimum absolute atomic E-state index is 0.0390. The van der Waals surface area contributed by atoms with Crippen molar-refractivity contribution in [3.8, 4) is 11.3 Å². The summed E-state index contributed by atoms with van der Waals surface area (Å²) in [5.74, 6) is -0.0390. The fourth-order valence-electron chi connectivity index (χ4n) is 2.33. The molecule has 122 valence electrons. The molecule has 2 aromatic carbocycles. The van der Waals surface area contributed by atoms with Gasteiger partial charge < -0.3 is 5.32 Å². The molecule has 0 aliphatic rings. The Labute approximate surface area is 150 Å². The molecule has 0 saturated carbocycles. The van der Waals surface area contributed by atoms with Crippen LogP contribution < -0.4 is 5.32 Å². The van der Waals surface area contributed by atoms with Crippen LogP contribution in [0.5, 0.6) is 0 Å². The Balaban J connectivity index is 1.67. The molecule has 24 heavy (non-hydrogen) atoms. The zero-order chi connectivity index (χ0) is 16.9. The highest BCUT2D eigenvalue weighted by atomic mass is 32.2. The number of hydrogen-bond donors (Lipinski definition) is 1. The molecular weight excluding hydrogens is 336 g/mol. The van der Waals surface area contributed by atoms with E-state index in [1.807, 2.05) is 36.6 Å². The largest absolute Gasteiger partial charge is 0.325 e. The first-order chi connectivity index (χ1) is 11.7. The molecule has 0 unspecified atom stereocenters. The maximum Gasteiger partial charge on any atom is 0.231 e. The van der Waals surface area contributed by atoms with Crippen molar-refractivity contribution in [3.63, 3.8) is 0 Å². The third-order valence-corrected chi connectivity index (χ3v) is 5.26. The van der Waals surface area contributed by atoms with Crippen LogP contribution >= 0.6 is 23.1 Å². The third-order valence-electron chi connectivity index (χ3n) is 3.67. The van der Waals surface area contributed by atoms with Crippen LogP contribution in [0.4, 0.5) is 5.69 Å². The Morgan fingerprint density at radius 3 is 2.62 bits per heavy atom. The topological polar surface area (TPSA) is 42.0 Å². The van der Waals surface area contributed by atoms with Gasteiger partial charge in [0.1, 0.15) is 5.01 Å². The number of benzene rings is 2.